The maximum Gasteiger partial charge on any atom is 0.257 e. The number of ether oxygens (including phenoxy) is 1. The second-order valence-corrected chi connectivity index (χ2v) is 5.77. The normalized spacial score (nSPS) is 20.9. The molecule has 0 aliphatic carbocycles. The first kappa shape index (κ1) is 16.4. The highest BCUT2D eigenvalue weighted by atomic mass is 19.1. The van der Waals surface area contributed by atoms with Gasteiger partial charge in [-0.25, -0.2) is 4.39 Å². The number of halogens is 1. The van der Waals surface area contributed by atoms with E-state index in [2.05, 4.69) is 15.4 Å². The zero-order valence-electron chi connectivity index (χ0n) is 13.3. The molecule has 24 heavy (non-hydrogen) atoms. The van der Waals surface area contributed by atoms with Crippen LogP contribution in [0.15, 0.2) is 24.4 Å². The Morgan fingerprint density at radius 2 is 2.38 bits per heavy atom. The Labute approximate surface area is 138 Å². The maximum absolute atomic E-state index is 14.0. The van der Waals surface area contributed by atoms with E-state index in [0.717, 1.165) is 0 Å². The van der Waals surface area contributed by atoms with Gasteiger partial charge in [-0.1, -0.05) is 6.07 Å². The fourth-order valence-electron chi connectivity index (χ4n) is 2.98. The minimum atomic E-state index is -1.26. The summed E-state index contributed by atoms with van der Waals surface area (Å²) in [4.78, 5) is 14.3. The molecule has 0 unspecified atom stereocenters. The third-order valence-corrected chi connectivity index (χ3v) is 4.14. The quantitative estimate of drug-likeness (QED) is 0.883. The molecule has 1 aliphatic heterocycles. The molecule has 8 heteroatoms. The van der Waals surface area contributed by atoms with Crippen molar-refractivity contribution in [3.63, 3.8) is 0 Å². The number of piperidine rings is 1. The summed E-state index contributed by atoms with van der Waals surface area (Å²) in [7, 11) is 0. The zero-order chi connectivity index (χ0) is 17.2. The average molecular weight is 334 g/mol. The van der Waals surface area contributed by atoms with Crippen LogP contribution >= 0.6 is 0 Å². The number of carbonyl (C=O) groups is 1. The van der Waals surface area contributed by atoms with Crippen molar-refractivity contribution < 1.29 is 19.0 Å². The number of aromatic nitrogens is 3. The lowest BCUT2D eigenvalue weighted by molar-refractivity contribution is -0.0321. The third-order valence-electron chi connectivity index (χ3n) is 4.14. The molecule has 7 nitrogen and oxygen atoms in total. The molecule has 1 saturated heterocycles. The van der Waals surface area contributed by atoms with E-state index in [4.69, 9.17) is 4.74 Å². The molecular weight excluding hydrogens is 315 g/mol. The molecule has 2 aromatic rings. The number of amides is 1. The van der Waals surface area contributed by atoms with E-state index in [1.165, 1.54) is 29.3 Å². The molecule has 0 bridgehead atoms. The first-order valence-corrected chi connectivity index (χ1v) is 7.84. The summed E-state index contributed by atoms with van der Waals surface area (Å²) in [5.74, 6) is -1.01. The van der Waals surface area contributed by atoms with Crippen LogP contribution in [0, 0.1) is 5.82 Å². The number of nitrogens with zero attached hydrogens (tertiary/aromatic N) is 3. The van der Waals surface area contributed by atoms with Gasteiger partial charge in [0.05, 0.1) is 24.9 Å². The number of aliphatic hydroxyl groups is 1. The van der Waals surface area contributed by atoms with Crippen molar-refractivity contribution in [1.82, 2.24) is 20.3 Å². The summed E-state index contributed by atoms with van der Waals surface area (Å²) in [5.41, 5.74) is -0.717. The van der Waals surface area contributed by atoms with Crippen LogP contribution in [0.5, 0.6) is 5.75 Å². The average Bonchev–Trinajstić information content (AvgIpc) is 3.12. The number of benzene rings is 1. The van der Waals surface area contributed by atoms with Gasteiger partial charge in [0.15, 0.2) is 11.6 Å². The van der Waals surface area contributed by atoms with Crippen molar-refractivity contribution in [2.45, 2.75) is 25.4 Å². The lowest BCUT2D eigenvalue weighted by Gasteiger charge is -2.38. The van der Waals surface area contributed by atoms with Crippen LogP contribution in [0.4, 0.5) is 4.39 Å². The zero-order valence-corrected chi connectivity index (χ0v) is 13.3. The SMILES string of the molecule is CCOc1c(F)cccc1C(=O)N1CCC[C@@](O)(c2cn[nH]n2)C1. The van der Waals surface area contributed by atoms with Gasteiger partial charge in [0, 0.05) is 6.54 Å². The highest BCUT2D eigenvalue weighted by Gasteiger charge is 2.39. The Morgan fingerprint density at radius 1 is 1.54 bits per heavy atom. The number of β-amino-alcohol motifs (C(OH)–C–C–N with tert-alkyl or cyclic N) is 1. The molecule has 2 heterocycles. The van der Waals surface area contributed by atoms with Gasteiger partial charge in [-0.3, -0.25) is 4.79 Å². The van der Waals surface area contributed by atoms with Gasteiger partial charge in [0.2, 0.25) is 0 Å². The highest BCUT2D eigenvalue weighted by Crippen LogP contribution is 2.32. The monoisotopic (exact) mass is 334 g/mol. The van der Waals surface area contributed by atoms with Crippen LogP contribution in [0.3, 0.4) is 0 Å². The summed E-state index contributed by atoms with van der Waals surface area (Å²) in [5, 5.41) is 20.9. The minimum Gasteiger partial charge on any atom is -0.490 e. The number of likely N-dealkylation sites (tertiary alicyclic amines) is 1. The molecule has 1 aromatic carbocycles. The Balaban J connectivity index is 1.87. The molecule has 0 saturated carbocycles. The number of hydrogen-bond acceptors (Lipinski definition) is 5. The summed E-state index contributed by atoms with van der Waals surface area (Å²) >= 11 is 0. The van der Waals surface area contributed by atoms with E-state index in [1.54, 1.807) is 6.92 Å². The van der Waals surface area contributed by atoms with E-state index in [0.29, 0.717) is 25.1 Å². The highest BCUT2D eigenvalue weighted by molar-refractivity contribution is 5.97. The van der Waals surface area contributed by atoms with Crippen molar-refractivity contribution in [2.24, 2.45) is 0 Å². The number of H-pyrrole nitrogens is 1. The van der Waals surface area contributed by atoms with E-state index in [1.807, 2.05) is 0 Å². The fraction of sp³-hybridized carbons (Fsp3) is 0.438. The van der Waals surface area contributed by atoms with Crippen LogP contribution in [0.25, 0.3) is 0 Å². The van der Waals surface area contributed by atoms with Gasteiger partial charge in [0.1, 0.15) is 11.3 Å². The molecule has 1 atom stereocenters. The van der Waals surface area contributed by atoms with Crippen molar-refractivity contribution in [3.8, 4) is 5.75 Å². The first-order valence-electron chi connectivity index (χ1n) is 7.84. The Morgan fingerprint density at radius 3 is 3.08 bits per heavy atom. The molecule has 0 spiro atoms. The predicted octanol–water partition coefficient (Wildman–Crippen LogP) is 1.47. The van der Waals surface area contributed by atoms with Crippen LogP contribution in [-0.4, -0.2) is 51.0 Å². The third kappa shape index (κ3) is 2.96. The Bertz CT molecular complexity index is 722. The van der Waals surface area contributed by atoms with Crippen LogP contribution in [0.2, 0.25) is 0 Å². The molecule has 2 N–H and O–H groups in total. The van der Waals surface area contributed by atoms with E-state index < -0.39 is 11.4 Å². The van der Waals surface area contributed by atoms with E-state index in [-0.39, 0.29) is 30.4 Å². The molecule has 1 amide bonds. The Hall–Kier alpha value is -2.48. The van der Waals surface area contributed by atoms with Gasteiger partial charge in [-0.15, -0.1) is 0 Å². The van der Waals surface area contributed by atoms with Crippen molar-refractivity contribution in [3.05, 3.63) is 41.5 Å². The molecule has 1 aromatic heterocycles. The van der Waals surface area contributed by atoms with Gasteiger partial charge < -0.3 is 14.7 Å². The summed E-state index contributed by atoms with van der Waals surface area (Å²) in [6.45, 7) is 2.52. The van der Waals surface area contributed by atoms with E-state index in [9.17, 15) is 14.3 Å². The van der Waals surface area contributed by atoms with Crippen LogP contribution < -0.4 is 4.74 Å². The second kappa shape index (κ2) is 6.56. The molecule has 1 fully saturated rings. The number of rotatable bonds is 4. The predicted molar refractivity (Wildman–Crippen MR) is 83.0 cm³/mol. The van der Waals surface area contributed by atoms with Gasteiger partial charge in [0.25, 0.3) is 5.91 Å². The summed E-state index contributed by atoms with van der Waals surface area (Å²) in [6, 6.07) is 4.25. The summed E-state index contributed by atoms with van der Waals surface area (Å²) in [6.07, 6.45) is 2.53. The first-order chi connectivity index (χ1) is 11.5. The lowest BCUT2D eigenvalue weighted by atomic mass is 9.89. The van der Waals surface area contributed by atoms with E-state index >= 15 is 0 Å². The van der Waals surface area contributed by atoms with Crippen molar-refractivity contribution in [1.29, 1.82) is 0 Å². The van der Waals surface area contributed by atoms with Gasteiger partial charge in [-0.05, 0) is 31.9 Å². The molecule has 0 radical (unpaired) electrons. The standard InChI is InChI=1S/C16H19FN4O3/c1-2-24-14-11(5-3-6-12(14)17)15(22)21-8-4-7-16(23,10-21)13-9-18-20-19-13/h3,5-6,9,23H,2,4,7-8,10H2,1H3,(H,18,19,20)/t16-/m0/s1. The largest absolute Gasteiger partial charge is 0.490 e. The minimum absolute atomic E-state index is 0.0550. The van der Waals surface area contributed by atoms with Gasteiger partial charge in [-0.2, -0.15) is 15.4 Å². The van der Waals surface area contributed by atoms with Crippen LogP contribution in [-0.2, 0) is 5.60 Å². The van der Waals surface area contributed by atoms with Crippen LogP contribution in [0.1, 0.15) is 35.8 Å². The topological polar surface area (TPSA) is 91.3 Å². The lowest BCUT2D eigenvalue weighted by Crippen LogP contribution is -2.48. The number of nitrogens with one attached hydrogen (secondary N) is 1. The fourth-order valence-corrected chi connectivity index (χ4v) is 2.98. The summed E-state index contributed by atoms with van der Waals surface area (Å²) < 4.78 is 19.3. The molecular formula is C16H19FN4O3. The molecule has 1 aliphatic rings. The smallest absolute Gasteiger partial charge is 0.257 e. The van der Waals surface area contributed by atoms with Crippen molar-refractivity contribution >= 4 is 5.91 Å². The van der Waals surface area contributed by atoms with Crippen molar-refractivity contribution in [2.75, 3.05) is 19.7 Å². The number of hydrogen-bond donors (Lipinski definition) is 2. The molecule has 3 rings (SSSR count). The van der Waals surface area contributed by atoms with Gasteiger partial charge >= 0.3 is 0 Å². The second-order valence-electron chi connectivity index (χ2n) is 5.77. The number of para-hydroxylation sites is 1. The molecule has 128 valence electrons. The Kier molecular flexibility index (Phi) is 4.48. The maximum atomic E-state index is 14.0. The number of aromatic amines is 1. The number of carbonyl (C=O) groups excluding carboxylic acids is 1.